The molecule has 25 heavy (non-hydrogen) atoms. The number of benzene rings is 2. The molecule has 0 unspecified atom stereocenters. The third kappa shape index (κ3) is 3.39. The van der Waals surface area contributed by atoms with Crippen molar-refractivity contribution in [2.24, 2.45) is 0 Å². The van der Waals surface area contributed by atoms with E-state index in [1.807, 2.05) is 19.1 Å². The van der Waals surface area contributed by atoms with Gasteiger partial charge in [-0.1, -0.05) is 25.1 Å². The highest BCUT2D eigenvalue weighted by atomic mass is 32.1. The van der Waals surface area contributed by atoms with E-state index < -0.39 is 11.8 Å². The van der Waals surface area contributed by atoms with Gasteiger partial charge in [0.1, 0.15) is 5.82 Å². The molecule has 3 aromatic rings. The number of carbonyl (C=O) groups is 2. The van der Waals surface area contributed by atoms with Crippen molar-refractivity contribution in [1.82, 2.24) is 10.9 Å². The lowest BCUT2D eigenvalue weighted by Gasteiger charge is -2.07. The van der Waals surface area contributed by atoms with Gasteiger partial charge < -0.3 is 0 Å². The minimum atomic E-state index is -0.461. The maximum atomic E-state index is 13.9. The molecule has 0 spiro atoms. The van der Waals surface area contributed by atoms with E-state index >= 15 is 0 Å². The molecule has 0 aliphatic rings. The van der Waals surface area contributed by atoms with Crippen LogP contribution in [0, 0.1) is 12.7 Å². The van der Waals surface area contributed by atoms with Crippen molar-refractivity contribution in [3.63, 3.8) is 0 Å². The Balaban J connectivity index is 1.73. The number of thiophene rings is 1. The van der Waals surface area contributed by atoms with Crippen LogP contribution in [0.2, 0.25) is 0 Å². The number of aryl methyl sites for hydroxylation is 2. The Labute approximate surface area is 148 Å². The SMILES string of the molecule is CCc1ccc(C(=O)NNC(=O)c2sc3cccc(F)c3c2C)cc1. The molecule has 0 aliphatic carbocycles. The Morgan fingerprint density at radius 2 is 1.72 bits per heavy atom. The van der Waals surface area contributed by atoms with Crippen LogP contribution in [0.3, 0.4) is 0 Å². The van der Waals surface area contributed by atoms with Crippen LogP contribution in [0.1, 0.15) is 38.1 Å². The summed E-state index contributed by atoms with van der Waals surface area (Å²) in [5.74, 6) is -1.22. The Hall–Kier alpha value is -2.73. The van der Waals surface area contributed by atoms with E-state index in [4.69, 9.17) is 0 Å². The van der Waals surface area contributed by atoms with Gasteiger partial charge in [-0.25, -0.2) is 4.39 Å². The number of hydrogen-bond donors (Lipinski definition) is 2. The lowest BCUT2D eigenvalue weighted by molar-refractivity contribution is 0.0848. The van der Waals surface area contributed by atoms with E-state index in [1.54, 1.807) is 31.2 Å². The zero-order valence-corrected chi connectivity index (χ0v) is 14.7. The molecule has 3 rings (SSSR count). The summed E-state index contributed by atoms with van der Waals surface area (Å²) in [7, 11) is 0. The summed E-state index contributed by atoms with van der Waals surface area (Å²) < 4.78 is 14.6. The molecule has 1 aromatic heterocycles. The number of amides is 2. The minimum Gasteiger partial charge on any atom is -0.267 e. The number of hydrazine groups is 1. The minimum absolute atomic E-state index is 0.356. The van der Waals surface area contributed by atoms with Gasteiger partial charge in [0.05, 0.1) is 4.88 Å². The molecule has 4 nitrogen and oxygen atoms in total. The third-order valence-corrected chi connectivity index (χ3v) is 5.28. The second-order valence-electron chi connectivity index (χ2n) is 5.63. The molecule has 6 heteroatoms. The van der Waals surface area contributed by atoms with E-state index in [9.17, 15) is 14.0 Å². The molecule has 128 valence electrons. The summed E-state index contributed by atoms with van der Waals surface area (Å²) in [5.41, 5.74) is 6.94. The number of carbonyl (C=O) groups excluding carboxylic acids is 2. The van der Waals surface area contributed by atoms with Gasteiger partial charge in [0, 0.05) is 15.6 Å². The second kappa shape index (κ2) is 7.03. The highest BCUT2D eigenvalue weighted by Gasteiger charge is 2.18. The third-order valence-electron chi connectivity index (χ3n) is 4.02. The lowest BCUT2D eigenvalue weighted by atomic mass is 10.1. The highest BCUT2D eigenvalue weighted by Crippen LogP contribution is 2.32. The van der Waals surface area contributed by atoms with E-state index in [-0.39, 0.29) is 5.82 Å². The van der Waals surface area contributed by atoms with E-state index in [0.717, 1.165) is 12.0 Å². The molecule has 2 N–H and O–H groups in total. The van der Waals surface area contributed by atoms with Crippen LogP contribution in [0.5, 0.6) is 0 Å². The van der Waals surface area contributed by atoms with E-state index in [1.165, 1.54) is 17.4 Å². The standard InChI is InChI=1S/C19H17FN2O2S/c1-3-12-7-9-13(10-8-12)18(23)21-22-19(24)17-11(2)16-14(20)5-4-6-15(16)25-17/h4-10H,3H2,1-2H3,(H,21,23)(H,22,24). The quantitative estimate of drug-likeness (QED) is 0.697. The molecule has 2 amide bonds. The largest absolute Gasteiger partial charge is 0.280 e. The van der Waals surface area contributed by atoms with Gasteiger partial charge >= 0.3 is 0 Å². The number of halogens is 1. The fourth-order valence-corrected chi connectivity index (χ4v) is 3.72. The van der Waals surface area contributed by atoms with Crippen molar-refractivity contribution in [3.05, 3.63) is 69.8 Å². The van der Waals surface area contributed by atoms with Crippen molar-refractivity contribution in [2.75, 3.05) is 0 Å². The first-order chi connectivity index (χ1) is 12.0. The Morgan fingerprint density at radius 1 is 1.04 bits per heavy atom. The first kappa shape index (κ1) is 17.1. The summed E-state index contributed by atoms with van der Waals surface area (Å²) >= 11 is 1.20. The van der Waals surface area contributed by atoms with Crippen molar-refractivity contribution in [2.45, 2.75) is 20.3 Å². The van der Waals surface area contributed by atoms with Gasteiger partial charge in [-0.3, -0.25) is 20.4 Å². The maximum Gasteiger partial charge on any atom is 0.280 e. The van der Waals surface area contributed by atoms with E-state index in [2.05, 4.69) is 10.9 Å². The number of nitrogens with one attached hydrogen (secondary N) is 2. The van der Waals surface area contributed by atoms with Crippen LogP contribution in [0.15, 0.2) is 42.5 Å². The molecule has 2 aromatic carbocycles. The molecule has 0 radical (unpaired) electrons. The van der Waals surface area contributed by atoms with Crippen molar-refractivity contribution in [3.8, 4) is 0 Å². The zero-order chi connectivity index (χ0) is 18.0. The molecule has 0 saturated carbocycles. The second-order valence-corrected chi connectivity index (χ2v) is 6.68. The Kier molecular flexibility index (Phi) is 4.81. The number of rotatable bonds is 3. The highest BCUT2D eigenvalue weighted by molar-refractivity contribution is 7.21. The zero-order valence-electron chi connectivity index (χ0n) is 13.9. The predicted molar refractivity (Wildman–Crippen MR) is 97.3 cm³/mol. The van der Waals surface area contributed by atoms with Crippen LogP contribution in [0.4, 0.5) is 4.39 Å². The van der Waals surface area contributed by atoms with Crippen molar-refractivity contribution < 1.29 is 14.0 Å². The normalized spacial score (nSPS) is 10.7. The first-order valence-electron chi connectivity index (χ1n) is 7.88. The average molecular weight is 356 g/mol. The van der Waals surface area contributed by atoms with Crippen LogP contribution in [-0.2, 0) is 6.42 Å². The fourth-order valence-electron chi connectivity index (χ4n) is 2.60. The van der Waals surface area contributed by atoms with Crippen LogP contribution < -0.4 is 10.9 Å². The summed E-state index contributed by atoms with van der Waals surface area (Å²) in [5, 5.41) is 0.444. The molecule has 0 fully saturated rings. The molecular weight excluding hydrogens is 339 g/mol. The van der Waals surface area contributed by atoms with Gasteiger partial charge in [0.25, 0.3) is 11.8 Å². The van der Waals surface area contributed by atoms with Gasteiger partial charge in [-0.15, -0.1) is 11.3 Å². The molecule has 0 saturated heterocycles. The van der Waals surface area contributed by atoms with Crippen molar-refractivity contribution >= 4 is 33.2 Å². The topological polar surface area (TPSA) is 58.2 Å². The monoisotopic (exact) mass is 356 g/mol. The fraction of sp³-hybridized carbons (Fsp3) is 0.158. The number of hydrogen-bond acceptors (Lipinski definition) is 3. The Bertz CT molecular complexity index is 948. The summed E-state index contributed by atoms with van der Waals surface area (Å²) in [6.07, 6.45) is 0.889. The molecule has 0 atom stereocenters. The predicted octanol–water partition coefficient (Wildman–Crippen LogP) is 3.99. The summed E-state index contributed by atoms with van der Waals surface area (Å²) in [4.78, 5) is 24.8. The van der Waals surface area contributed by atoms with Gasteiger partial charge in [0.2, 0.25) is 0 Å². The average Bonchev–Trinajstić information content (AvgIpc) is 2.97. The summed E-state index contributed by atoms with van der Waals surface area (Å²) in [6, 6.07) is 11.9. The Morgan fingerprint density at radius 3 is 2.36 bits per heavy atom. The molecule has 0 aliphatic heterocycles. The summed E-state index contributed by atoms with van der Waals surface area (Å²) in [6.45, 7) is 3.73. The number of fused-ring (bicyclic) bond motifs is 1. The van der Waals surface area contributed by atoms with Crippen LogP contribution in [0.25, 0.3) is 10.1 Å². The smallest absolute Gasteiger partial charge is 0.267 e. The molecule has 1 heterocycles. The molecular formula is C19H17FN2O2S. The van der Waals surface area contributed by atoms with Gasteiger partial charge in [-0.2, -0.15) is 0 Å². The van der Waals surface area contributed by atoms with Gasteiger partial charge in [-0.05, 0) is 48.7 Å². The first-order valence-corrected chi connectivity index (χ1v) is 8.70. The van der Waals surface area contributed by atoms with Crippen LogP contribution in [-0.4, -0.2) is 11.8 Å². The van der Waals surface area contributed by atoms with Gasteiger partial charge in [0.15, 0.2) is 0 Å². The lowest BCUT2D eigenvalue weighted by Crippen LogP contribution is -2.41. The van der Waals surface area contributed by atoms with Crippen LogP contribution >= 0.6 is 11.3 Å². The van der Waals surface area contributed by atoms with E-state index in [0.29, 0.717) is 26.1 Å². The molecule has 0 bridgehead atoms. The van der Waals surface area contributed by atoms with Crippen molar-refractivity contribution in [1.29, 1.82) is 0 Å². The maximum absolute atomic E-state index is 13.9.